The Hall–Kier alpha value is -3.72. The highest BCUT2D eigenvalue weighted by Gasteiger charge is 2.35. The number of aromatic amines is 1. The Morgan fingerprint density at radius 3 is 2.61 bits per heavy atom. The van der Waals surface area contributed by atoms with Gasteiger partial charge in [-0.1, -0.05) is 49.4 Å². The fraction of sp³-hybridized carbons (Fsp3) is 0.182. The summed E-state index contributed by atoms with van der Waals surface area (Å²) in [5.74, 6) is 0.899. The molecule has 0 unspecified atom stereocenters. The Balaban J connectivity index is 1.82. The molecule has 0 bridgehead atoms. The molecule has 0 saturated heterocycles. The monoisotopic (exact) mass is 372 g/mol. The van der Waals surface area contributed by atoms with Crippen molar-refractivity contribution in [2.24, 2.45) is 5.73 Å². The summed E-state index contributed by atoms with van der Waals surface area (Å²) in [7, 11) is 0. The predicted molar refractivity (Wildman–Crippen MR) is 106 cm³/mol. The second kappa shape index (κ2) is 7.49. The Bertz CT molecular complexity index is 1050. The maximum atomic E-state index is 9.77. The first-order valence-corrected chi connectivity index (χ1v) is 9.17. The van der Waals surface area contributed by atoms with Crippen LogP contribution in [0.25, 0.3) is 11.3 Å². The summed E-state index contributed by atoms with van der Waals surface area (Å²) < 4.78 is 11.3. The SMILES string of the molecule is CCCOc1ccc([C@H]2C(C#N)=C(N)Oc3n[nH]c(-c4ccccc4)c32)cc1. The summed E-state index contributed by atoms with van der Waals surface area (Å²) in [5.41, 5.74) is 9.90. The molecular formula is C22H20N4O2. The number of hydrogen-bond acceptors (Lipinski definition) is 5. The number of fused-ring (bicyclic) bond motifs is 1. The standard InChI is InChI=1S/C22H20N4O2/c1-2-12-27-16-10-8-14(9-11-16)18-17(13-23)21(24)28-22-19(18)20(25-26-22)15-6-4-3-5-7-15/h3-11,18H,2,12,24H2,1H3,(H,25,26)/t18-/m0/s1. The Morgan fingerprint density at radius 1 is 1.18 bits per heavy atom. The molecule has 3 N–H and O–H groups in total. The average Bonchev–Trinajstić information content (AvgIpc) is 3.15. The van der Waals surface area contributed by atoms with Gasteiger partial charge in [0.05, 0.1) is 23.8 Å². The minimum Gasteiger partial charge on any atom is -0.494 e. The zero-order valence-electron chi connectivity index (χ0n) is 15.5. The van der Waals surface area contributed by atoms with Crippen molar-refractivity contribution in [1.82, 2.24) is 10.2 Å². The highest BCUT2D eigenvalue weighted by Crippen LogP contribution is 2.45. The van der Waals surface area contributed by atoms with E-state index in [4.69, 9.17) is 15.2 Å². The van der Waals surface area contributed by atoms with Crippen LogP contribution in [0.5, 0.6) is 11.6 Å². The van der Waals surface area contributed by atoms with E-state index >= 15 is 0 Å². The van der Waals surface area contributed by atoms with Gasteiger partial charge < -0.3 is 15.2 Å². The van der Waals surface area contributed by atoms with Gasteiger partial charge >= 0.3 is 0 Å². The third-order valence-electron chi connectivity index (χ3n) is 4.69. The van der Waals surface area contributed by atoms with E-state index in [1.807, 2.05) is 54.6 Å². The average molecular weight is 372 g/mol. The van der Waals surface area contributed by atoms with Crippen molar-refractivity contribution >= 4 is 0 Å². The summed E-state index contributed by atoms with van der Waals surface area (Å²) in [4.78, 5) is 0. The van der Waals surface area contributed by atoms with Crippen LogP contribution in [0.4, 0.5) is 0 Å². The fourth-order valence-electron chi connectivity index (χ4n) is 3.38. The van der Waals surface area contributed by atoms with Crippen LogP contribution in [0.3, 0.4) is 0 Å². The molecule has 0 spiro atoms. The second-order valence-corrected chi connectivity index (χ2v) is 6.53. The number of ether oxygens (including phenoxy) is 2. The van der Waals surface area contributed by atoms with E-state index in [1.54, 1.807) is 0 Å². The minimum absolute atomic E-state index is 0.0809. The zero-order valence-corrected chi connectivity index (χ0v) is 15.5. The van der Waals surface area contributed by atoms with Crippen molar-refractivity contribution in [3.05, 3.63) is 77.2 Å². The summed E-state index contributed by atoms with van der Waals surface area (Å²) >= 11 is 0. The summed E-state index contributed by atoms with van der Waals surface area (Å²) in [6, 6.07) is 19.8. The lowest BCUT2D eigenvalue weighted by molar-refractivity contribution is 0.317. The van der Waals surface area contributed by atoms with Crippen LogP contribution in [0, 0.1) is 11.3 Å². The van der Waals surface area contributed by atoms with Gasteiger partial charge in [-0.15, -0.1) is 5.10 Å². The number of nitrogens with one attached hydrogen (secondary N) is 1. The first kappa shape index (κ1) is 17.7. The van der Waals surface area contributed by atoms with E-state index in [0.29, 0.717) is 18.1 Å². The van der Waals surface area contributed by atoms with E-state index in [9.17, 15) is 5.26 Å². The number of benzene rings is 2. The Labute approximate surface area is 163 Å². The van der Waals surface area contributed by atoms with Crippen LogP contribution in [-0.4, -0.2) is 16.8 Å². The number of allylic oxidation sites excluding steroid dienone is 1. The molecule has 3 aromatic rings. The molecule has 0 radical (unpaired) electrons. The zero-order chi connectivity index (χ0) is 19.5. The molecular weight excluding hydrogens is 352 g/mol. The van der Waals surface area contributed by atoms with Gasteiger partial charge in [0.2, 0.25) is 11.8 Å². The highest BCUT2D eigenvalue weighted by atomic mass is 16.5. The molecule has 6 nitrogen and oxygen atoms in total. The van der Waals surface area contributed by atoms with Crippen LogP contribution in [0.15, 0.2) is 66.1 Å². The number of nitrogens with zero attached hydrogens (tertiary/aromatic N) is 2. The van der Waals surface area contributed by atoms with Crippen LogP contribution in [0.2, 0.25) is 0 Å². The van der Waals surface area contributed by atoms with Crippen molar-refractivity contribution in [1.29, 1.82) is 5.26 Å². The number of rotatable bonds is 5. The lowest BCUT2D eigenvalue weighted by Gasteiger charge is -2.24. The summed E-state index contributed by atoms with van der Waals surface area (Å²) in [6.07, 6.45) is 0.943. The molecule has 0 saturated carbocycles. The van der Waals surface area contributed by atoms with Gasteiger partial charge in [-0.25, -0.2) is 0 Å². The second-order valence-electron chi connectivity index (χ2n) is 6.53. The van der Waals surface area contributed by atoms with E-state index in [1.165, 1.54) is 0 Å². The molecule has 4 rings (SSSR count). The molecule has 6 heteroatoms. The van der Waals surface area contributed by atoms with Crippen molar-refractivity contribution in [3.63, 3.8) is 0 Å². The normalized spacial score (nSPS) is 15.5. The summed E-state index contributed by atoms with van der Waals surface area (Å²) in [5, 5.41) is 17.1. The maximum Gasteiger partial charge on any atom is 0.244 e. The molecule has 1 aliphatic rings. The van der Waals surface area contributed by atoms with Crippen LogP contribution < -0.4 is 15.2 Å². The van der Waals surface area contributed by atoms with Crippen molar-refractivity contribution in [2.45, 2.75) is 19.3 Å². The molecule has 2 heterocycles. The van der Waals surface area contributed by atoms with E-state index < -0.39 is 0 Å². The lowest BCUT2D eigenvalue weighted by Crippen LogP contribution is -2.21. The first-order chi connectivity index (χ1) is 13.7. The number of nitrogens with two attached hydrogens (primary N) is 1. The summed E-state index contributed by atoms with van der Waals surface area (Å²) in [6.45, 7) is 2.73. The number of nitriles is 1. The molecule has 0 fully saturated rings. The predicted octanol–water partition coefficient (Wildman–Crippen LogP) is 4.08. The first-order valence-electron chi connectivity index (χ1n) is 9.17. The third-order valence-corrected chi connectivity index (χ3v) is 4.69. The third kappa shape index (κ3) is 3.08. The molecule has 1 aliphatic heterocycles. The largest absolute Gasteiger partial charge is 0.494 e. The highest BCUT2D eigenvalue weighted by molar-refractivity contribution is 5.70. The van der Waals surface area contributed by atoms with Gasteiger partial charge in [-0.05, 0) is 29.7 Å². The smallest absolute Gasteiger partial charge is 0.244 e. The van der Waals surface area contributed by atoms with Crippen LogP contribution >= 0.6 is 0 Å². The lowest BCUT2D eigenvalue weighted by atomic mass is 9.83. The molecule has 0 aliphatic carbocycles. The van der Waals surface area contributed by atoms with Gasteiger partial charge in [0.15, 0.2) is 0 Å². The van der Waals surface area contributed by atoms with Gasteiger partial charge in [0.1, 0.15) is 17.4 Å². The molecule has 140 valence electrons. The van der Waals surface area contributed by atoms with E-state index in [-0.39, 0.29) is 11.8 Å². The molecule has 1 atom stereocenters. The minimum atomic E-state index is -0.372. The quantitative estimate of drug-likeness (QED) is 0.703. The number of aromatic nitrogens is 2. The number of hydrogen-bond donors (Lipinski definition) is 2. The number of H-pyrrole nitrogens is 1. The van der Waals surface area contributed by atoms with Crippen LogP contribution in [-0.2, 0) is 0 Å². The molecule has 28 heavy (non-hydrogen) atoms. The fourth-order valence-corrected chi connectivity index (χ4v) is 3.38. The van der Waals surface area contributed by atoms with Crippen molar-refractivity contribution in [3.8, 4) is 29.0 Å². The van der Waals surface area contributed by atoms with Gasteiger partial charge in [0, 0.05) is 0 Å². The van der Waals surface area contributed by atoms with Gasteiger partial charge in [-0.3, -0.25) is 5.10 Å². The van der Waals surface area contributed by atoms with Gasteiger partial charge in [-0.2, -0.15) is 5.26 Å². The van der Waals surface area contributed by atoms with Gasteiger partial charge in [0.25, 0.3) is 0 Å². The van der Waals surface area contributed by atoms with Crippen LogP contribution in [0.1, 0.15) is 30.4 Å². The maximum absolute atomic E-state index is 9.77. The molecule has 1 aromatic heterocycles. The van der Waals surface area contributed by atoms with Crippen molar-refractivity contribution < 1.29 is 9.47 Å². The Morgan fingerprint density at radius 2 is 1.93 bits per heavy atom. The van der Waals surface area contributed by atoms with Crippen molar-refractivity contribution in [2.75, 3.05) is 6.61 Å². The topological polar surface area (TPSA) is 96.9 Å². The van der Waals surface area contributed by atoms with E-state index in [0.717, 1.165) is 34.6 Å². The molecule has 0 amide bonds. The molecule has 2 aromatic carbocycles. The van der Waals surface area contributed by atoms with E-state index in [2.05, 4.69) is 23.2 Å². The Kier molecular flexibility index (Phi) is 4.73.